The van der Waals surface area contributed by atoms with Gasteiger partial charge in [0.25, 0.3) is 5.91 Å². The van der Waals surface area contributed by atoms with Crippen LogP contribution in [0.5, 0.6) is 11.5 Å². The molecule has 138 valence electrons. The maximum atomic E-state index is 12.5. The molecule has 0 radical (unpaired) electrons. The molecule has 1 amide bonds. The molecule has 4 rings (SSSR count). The number of carbonyl (C=O) groups excluding carboxylic acids is 2. The molecule has 2 heterocycles. The highest BCUT2D eigenvalue weighted by molar-refractivity contribution is 5.98. The zero-order chi connectivity index (χ0) is 18.8. The SMILES string of the molecule is C[C@H]1Cc2ccccc2N1C(=O)COC(=O)/C=C/c1ccc2c(c1)OCO2. The number of rotatable bonds is 4. The Kier molecular flexibility index (Phi) is 4.54. The molecule has 0 N–H and O–H groups in total. The highest BCUT2D eigenvalue weighted by Gasteiger charge is 2.30. The summed E-state index contributed by atoms with van der Waals surface area (Å²) in [6, 6.07) is 13.2. The van der Waals surface area contributed by atoms with Gasteiger partial charge in [-0.1, -0.05) is 24.3 Å². The minimum Gasteiger partial charge on any atom is -0.454 e. The summed E-state index contributed by atoms with van der Waals surface area (Å²) in [5.74, 6) is 0.529. The molecule has 6 heteroatoms. The number of esters is 1. The summed E-state index contributed by atoms with van der Waals surface area (Å²) in [5.41, 5.74) is 2.80. The van der Waals surface area contributed by atoms with Gasteiger partial charge in [-0.05, 0) is 48.7 Å². The lowest BCUT2D eigenvalue weighted by atomic mass is 10.1. The van der Waals surface area contributed by atoms with E-state index in [1.165, 1.54) is 6.08 Å². The fourth-order valence-electron chi connectivity index (χ4n) is 3.38. The average molecular weight is 365 g/mol. The number of ether oxygens (including phenoxy) is 3. The number of nitrogens with zero attached hydrogens (tertiary/aromatic N) is 1. The van der Waals surface area contributed by atoms with Crippen LogP contribution in [0.2, 0.25) is 0 Å². The molecule has 0 aliphatic carbocycles. The summed E-state index contributed by atoms with van der Waals surface area (Å²) in [5, 5.41) is 0. The summed E-state index contributed by atoms with van der Waals surface area (Å²) in [7, 11) is 0. The van der Waals surface area contributed by atoms with E-state index in [1.807, 2.05) is 37.3 Å². The summed E-state index contributed by atoms with van der Waals surface area (Å²) < 4.78 is 15.7. The van der Waals surface area contributed by atoms with E-state index in [2.05, 4.69) is 0 Å². The standard InChI is InChI=1S/C21H19NO5/c1-14-10-16-4-2-3-5-17(16)22(14)20(23)12-25-21(24)9-7-15-6-8-18-19(11-15)27-13-26-18/h2-9,11,14H,10,12-13H2,1H3/b9-7+/t14-/m0/s1. The first-order chi connectivity index (χ1) is 13.1. The molecule has 2 aliphatic rings. The topological polar surface area (TPSA) is 65.1 Å². The minimum atomic E-state index is -0.568. The van der Waals surface area contributed by atoms with Crippen LogP contribution in [0.15, 0.2) is 48.5 Å². The molecule has 0 fully saturated rings. The second-order valence-corrected chi connectivity index (χ2v) is 6.50. The average Bonchev–Trinajstić information content (AvgIpc) is 3.27. The predicted molar refractivity (Wildman–Crippen MR) is 99.7 cm³/mol. The summed E-state index contributed by atoms with van der Waals surface area (Å²) in [4.78, 5) is 26.2. The van der Waals surface area contributed by atoms with Crippen molar-refractivity contribution in [2.45, 2.75) is 19.4 Å². The third-order valence-corrected chi connectivity index (χ3v) is 4.62. The van der Waals surface area contributed by atoms with Gasteiger partial charge in [-0.25, -0.2) is 4.79 Å². The molecular formula is C21H19NO5. The van der Waals surface area contributed by atoms with E-state index >= 15 is 0 Å². The van der Waals surface area contributed by atoms with Gasteiger partial charge in [-0.2, -0.15) is 0 Å². The molecule has 0 unspecified atom stereocenters. The zero-order valence-electron chi connectivity index (χ0n) is 14.9. The van der Waals surface area contributed by atoms with Crippen LogP contribution in [-0.2, 0) is 20.7 Å². The van der Waals surface area contributed by atoms with Crippen LogP contribution in [0, 0.1) is 0 Å². The van der Waals surface area contributed by atoms with Gasteiger partial charge in [0.1, 0.15) is 0 Å². The van der Waals surface area contributed by atoms with Crippen LogP contribution in [0.1, 0.15) is 18.1 Å². The fourth-order valence-corrected chi connectivity index (χ4v) is 3.38. The van der Waals surface area contributed by atoms with Crippen LogP contribution >= 0.6 is 0 Å². The summed E-state index contributed by atoms with van der Waals surface area (Å²) in [6.45, 7) is 1.90. The Morgan fingerprint density at radius 1 is 1.19 bits per heavy atom. The molecule has 1 atom stereocenters. The number of hydrogen-bond donors (Lipinski definition) is 0. The number of carbonyl (C=O) groups is 2. The normalized spacial score (nSPS) is 17.2. The Hall–Kier alpha value is -3.28. The fraction of sp³-hybridized carbons (Fsp3) is 0.238. The lowest BCUT2D eigenvalue weighted by Gasteiger charge is -2.22. The maximum Gasteiger partial charge on any atom is 0.331 e. The highest BCUT2D eigenvalue weighted by Crippen LogP contribution is 2.33. The van der Waals surface area contributed by atoms with E-state index in [0.29, 0.717) is 11.5 Å². The Morgan fingerprint density at radius 2 is 2.00 bits per heavy atom. The van der Waals surface area contributed by atoms with Gasteiger partial charge in [0.05, 0.1) is 0 Å². The van der Waals surface area contributed by atoms with Gasteiger partial charge in [0, 0.05) is 17.8 Å². The van der Waals surface area contributed by atoms with Crippen LogP contribution < -0.4 is 14.4 Å². The van der Waals surface area contributed by atoms with Crippen LogP contribution in [0.3, 0.4) is 0 Å². The van der Waals surface area contributed by atoms with Gasteiger partial charge in [-0.15, -0.1) is 0 Å². The molecule has 6 nitrogen and oxygen atoms in total. The van der Waals surface area contributed by atoms with Crippen molar-refractivity contribution in [3.8, 4) is 11.5 Å². The van der Waals surface area contributed by atoms with E-state index in [9.17, 15) is 9.59 Å². The van der Waals surface area contributed by atoms with E-state index in [4.69, 9.17) is 14.2 Å². The Balaban J connectivity index is 1.35. The van der Waals surface area contributed by atoms with Crippen molar-refractivity contribution in [2.24, 2.45) is 0 Å². The minimum absolute atomic E-state index is 0.0535. The lowest BCUT2D eigenvalue weighted by Crippen LogP contribution is -2.38. The van der Waals surface area contributed by atoms with Gasteiger partial charge in [0.2, 0.25) is 6.79 Å². The summed E-state index contributed by atoms with van der Waals surface area (Å²) >= 11 is 0. The van der Waals surface area contributed by atoms with E-state index in [-0.39, 0.29) is 25.3 Å². The molecule has 0 aromatic heterocycles. The molecular weight excluding hydrogens is 346 g/mol. The van der Waals surface area contributed by atoms with Crippen LogP contribution in [-0.4, -0.2) is 31.3 Å². The monoisotopic (exact) mass is 365 g/mol. The molecule has 2 aliphatic heterocycles. The number of fused-ring (bicyclic) bond motifs is 2. The third kappa shape index (κ3) is 3.51. The number of hydrogen-bond acceptors (Lipinski definition) is 5. The highest BCUT2D eigenvalue weighted by atomic mass is 16.7. The van der Waals surface area contributed by atoms with Crippen molar-refractivity contribution >= 4 is 23.6 Å². The molecule has 0 saturated heterocycles. The number of anilines is 1. The van der Waals surface area contributed by atoms with E-state index < -0.39 is 5.97 Å². The van der Waals surface area contributed by atoms with Crippen molar-refractivity contribution in [1.82, 2.24) is 0 Å². The van der Waals surface area contributed by atoms with Crippen molar-refractivity contribution < 1.29 is 23.8 Å². The smallest absolute Gasteiger partial charge is 0.331 e. The van der Waals surface area contributed by atoms with Crippen molar-refractivity contribution in [2.75, 3.05) is 18.3 Å². The third-order valence-electron chi connectivity index (χ3n) is 4.62. The van der Waals surface area contributed by atoms with Gasteiger partial charge in [-0.3, -0.25) is 4.79 Å². The Bertz CT molecular complexity index is 921. The molecule has 0 spiro atoms. The molecule has 0 bridgehead atoms. The predicted octanol–water partition coefficient (Wildman–Crippen LogP) is 2.95. The number of para-hydroxylation sites is 1. The van der Waals surface area contributed by atoms with Crippen molar-refractivity contribution in [1.29, 1.82) is 0 Å². The largest absolute Gasteiger partial charge is 0.454 e. The van der Waals surface area contributed by atoms with Crippen molar-refractivity contribution in [3.63, 3.8) is 0 Å². The Labute approximate surface area is 156 Å². The molecule has 27 heavy (non-hydrogen) atoms. The quantitative estimate of drug-likeness (QED) is 0.616. The maximum absolute atomic E-state index is 12.5. The second kappa shape index (κ2) is 7.15. The van der Waals surface area contributed by atoms with E-state index in [0.717, 1.165) is 23.2 Å². The molecule has 2 aromatic rings. The van der Waals surface area contributed by atoms with Gasteiger partial charge in [0.15, 0.2) is 18.1 Å². The number of benzene rings is 2. The lowest BCUT2D eigenvalue weighted by molar-refractivity contribution is -0.143. The second-order valence-electron chi connectivity index (χ2n) is 6.50. The Morgan fingerprint density at radius 3 is 2.89 bits per heavy atom. The first-order valence-electron chi connectivity index (χ1n) is 8.76. The van der Waals surface area contributed by atoms with E-state index in [1.54, 1.807) is 23.1 Å². The molecule has 2 aromatic carbocycles. The summed E-state index contributed by atoms with van der Waals surface area (Å²) in [6.07, 6.45) is 3.72. The first kappa shape index (κ1) is 17.1. The van der Waals surface area contributed by atoms with Crippen LogP contribution in [0.4, 0.5) is 5.69 Å². The first-order valence-corrected chi connectivity index (χ1v) is 8.76. The van der Waals surface area contributed by atoms with Crippen molar-refractivity contribution in [3.05, 3.63) is 59.7 Å². The van der Waals surface area contributed by atoms with Gasteiger partial charge >= 0.3 is 5.97 Å². The zero-order valence-corrected chi connectivity index (χ0v) is 14.9. The number of amides is 1. The van der Waals surface area contributed by atoms with Gasteiger partial charge < -0.3 is 19.1 Å². The molecule has 0 saturated carbocycles. The van der Waals surface area contributed by atoms with Crippen LogP contribution in [0.25, 0.3) is 6.08 Å².